The second-order valence-electron chi connectivity index (χ2n) is 1.73. The van der Waals surface area contributed by atoms with Gasteiger partial charge in [0, 0.05) is 19.6 Å². The molecule has 0 atom stereocenters. The van der Waals surface area contributed by atoms with Crippen LogP contribution < -0.4 is 32.5 Å². The standard InChI is InChI=1S/3C2H5NO2.Fe/c3*3-1-2(4)5;/h3*1,3H2,(H,4,5);/q;;;+3/p-3. The van der Waals surface area contributed by atoms with E-state index in [1.54, 1.807) is 0 Å². The van der Waals surface area contributed by atoms with Crippen LogP contribution in [-0.2, 0) is 31.5 Å². The van der Waals surface area contributed by atoms with Gasteiger partial charge in [-0.05, 0) is 0 Å². The van der Waals surface area contributed by atoms with Gasteiger partial charge >= 0.3 is 17.1 Å². The summed E-state index contributed by atoms with van der Waals surface area (Å²) in [6, 6.07) is 0. The van der Waals surface area contributed by atoms with Crippen LogP contribution in [-0.4, -0.2) is 37.5 Å². The van der Waals surface area contributed by atoms with Gasteiger partial charge in [0.25, 0.3) is 0 Å². The normalized spacial score (nSPS) is 6.94. The van der Waals surface area contributed by atoms with E-state index in [1.807, 2.05) is 0 Å². The molecule has 0 aromatic rings. The predicted octanol–water partition coefficient (Wildman–Crippen LogP) is -6.92. The maximum atomic E-state index is 9.13. The molecule has 0 aliphatic rings. The quantitative estimate of drug-likeness (QED) is 0.419. The molecule has 0 heterocycles. The van der Waals surface area contributed by atoms with Crippen LogP contribution in [0.5, 0.6) is 0 Å². The van der Waals surface area contributed by atoms with Crippen LogP contribution in [0.2, 0.25) is 0 Å². The Hall–Kier alpha value is -1.19. The third-order valence-electron chi connectivity index (χ3n) is 0.500. The number of carboxylic acid groups (broad SMARTS) is 3. The molecule has 9 nitrogen and oxygen atoms in total. The summed E-state index contributed by atoms with van der Waals surface area (Å²) in [6.07, 6.45) is 0. The number of rotatable bonds is 3. The molecule has 0 fully saturated rings. The fourth-order valence-corrected chi connectivity index (χ4v) is 0. The molecule has 0 aliphatic carbocycles. The minimum Gasteiger partial charge on any atom is -0.549 e. The maximum absolute atomic E-state index is 9.13. The van der Waals surface area contributed by atoms with E-state index in [0.29, 0.717) is 0 Å². The van der Waals surface area contributed by atoms with E-state index in [2.05, 4.69) is 17.2 Å². The number of aliphatic carboxylic acids is 3. The summed E-state index contributed by atoms with van der Waals surface area (Å²) in [4.78, 5) is 27.4. The summed E-state index contributed by atoms with van der Waals surface area (Å²) in [5.74, 6) is -3.65. The molecule has 0 bridgehead atoms. The van der Waals surface area contributed by atoms with Gasteiger partial charge in [0.2, 0.25) is 0 Å². The maximum Gasteiger partial charge on any atom is 3.00 e. The van der Waals surface area contributed by atoms with Crippen LogP contribution in [0, 0.1) is 0 Å². The van der Waals surface area contributed by atoms with Gasteiger partial charge in [-0.3, -0.25) is 0 Å². The zero-order valence-electron chi connectivity index (χ0n) is 8.16. The first-order valence-corrected chi connectivity index (χ1v) is 3.51. The second-order valence-corrected chi connectivity index (χ2v) is 1.73. The molecule has 95 valence electrons. The number of hydrogen-bond acceptors (Lipinski definition) is 9. The van der Waals surface area contributed by atoms with E-state index < -0.39 is 17.9 Å². The Labute approximate surface area is 102 Å². The minimum atomic E-state index is -1.22. The topological polar surface area (TPSA) is 198 Å². The molecule has 0 aromatic heterocycles. The zero-order chi connectivity index (χ0) is 12.9. The molecule has 0 spiro atoms. The molecule has 10 heteroatoms. The Balaban J connectivity index is -0.0000000655. The van der Waals surface area contributed by atoms with Gasteiger partial charge in [0.15, 0.2) is 0 Å². The summed E-state index contributed by atoms with van der Waals surface area (Å²) in [5, 5.41) is 27.4. The van der Waals surface area contributed by atoms with Crippen LogP contribution in [0.4, 0.5) is 0 Å². The van der Waals surface area contributed by atoms with Crippen LogP contribution in [0.1, 0.15) is 0 Å². The van der Waals surface area contributed by atoms with Crippen LogP contribution in [0.3, 0.4) is 0 Å². The molecular weight excluding hydrogens is 266 g/mol. The first-order chi connectivity index (χ1) is 6.81. The number of hydrogen-bond donors (Lipinski definition) is 3. The van der Waals surface area contributed by atoms with Gasteiger partial charge in [-0.25, -0.2) is 0 Å². The molecule has 0 amide bonds. The van der Waals surface area contributed by atoms with Crippen LogP contribution >= 0.6 is 0 Å². The fraction of sp³-hybridized carbons (Fsp3) is 0.500. The van der Waals surface area contributed by atoms with Crippen molar-refractivity contribution in [1.29, 1.82) is 0 Å². The largest absolute Gasteiger partial charge is 3.00 e. The van der Waals surface area contributed by atoms with E-state index in [0.717, 1.165) is 0 Å². The molecule has 16 heavy (non-hydrogen) atoms. The molecule has 0 rings (SSSR count). The number of carboxylic acids is 3. The van der Waals surface area contributed by atoms with Crippen molar-refractivity contribution in [3.8, 4) is 0 Å². The number of carbonyl (C=O) groups excluding carboxylic acids is 3. The van der Waals surface area contributed by atoms with Crippen molar-refractivity contribution in [2.45, 2.75) is 0 Å². The van der Waals surface area contributed by atoms with Gasteiger partial charge < -0.3 is 46.9 Å². The van der Waals surface area contributed by atoms with Crippen LogP contribution in [0.15, 0.2) is 0 Å². The third kappa shape index (κ3) is 77.2. The smallest absolute Gasteiger partial charge is 0.549 e. The van der Waals surface area contributed by atoms with Gasteiger partial charge in [-0.1, -0.05) is 0 Å². The number of nitrogens with two attached hydrogens (primary N) is 3. The molecule has 0 aliphatic heterocycles. The van der Waals surface area contributed by atoms with Crippen molar-refractivity contribution in [2.24, 2.45) is 17.2 Å². The van der Waals surface area contributed by atoms with Gasteiger partial charge in [-0.15, -0.1) is 0 Å². The SMILES string of the molecule is NCC(=O)[O-].NCC(=O)[O-].NCC(=O)[O-].[Fe+3]. The molecular formula is C6H12FeN3O6. The van der Waals surface area contributed by atoms with Gasteiger partial charge in [-0.2, -0.15) is 0 Å². The van der Waals surface area contributed by atoms with Crippen molar-refractivity contribution in [1.82, 2.24) is 0 Å². The fourth-order valence-electron chi connectivity index (χ4n) is 0. The zero-order valence-corrected chi connectivity index (χ0v) is 9.26. The first kappa shape index (κ1) is 24.2. The van der Waals surface area contributed by atoms with Gasteiger partial charge in [0.05, 0.1) is 17.9 Å². The molecule has 6 N–H and O–H groups in total. The van der Waals surface area contributed by atoms with Crippen molar-refractivity contribution in [2.75, 3.05) is 19.6 Å². The monoisotopic (exact) mass is 278 g/mol. The Kier molecular flexibility index (Phi) is 29.3. The Morgan fingerprint density at radius 3 is 0.750 bits per heavy atom. The molecule has 0 unspecified atom stereocenters. The van der Waals surface area contributed by atoms with Crippen molar-refractivity contribution in [3.05, 3.63) is 0 Å². The Bertz CT molecular complexity index is 167. The second kappa shape index (κ2) is 19.4. The molecule has 1 radical (unpaired) electrons. The van der Waals surface area contributed by atoms with Crippen molar-refractivity contribution < 1.29 is 46.8 Å². The van der Waals surface area contributed by atoms with Crippen LogP contribution in [0.25, 0.3) is 0 Å². The average molecular weight is 278 g/mol. The van der Waals surface area contributed by atoms with E-state index in [-0.39, 0.29) is 36.7 Å². The molecule has 0 saturated carbocycles. The summed E-state index contributed by atoms with van der Waals surface area (Å²) in [7, 11) is 0. The Morgan fingerprint density at radius 1 is 0.688 bits per heavy atom. The Morgan fingerprint density at radius 2 is 0.750 bits per heavy atom. The van der Waals surface area contributed by atoms with Gasteiger partial charge in [0.1, 0.15) is 0 Å². The summed E-state index contributed by atoms with van der Waals surface area (Å²) in [5.41, 5.74) is 13.5. The average Bonchev–Trinajstić information content (AvgIpc) is 2.19. The third-order valence-corrected chi connectivity index (χ3v) is 0.500. The molecule has 0 saturated heterocycles. The summed E-state index contributed by atoms with van der Waals surface area (Å²) < 4.78 is 0. The summed E-state index contributed by atoms with van der Waals surface area (Å²) >= 11 is 0. The van der Waals surface area contributed by atoms with Crippen molar-refractivity contribution in [3.63, 3.8) is 0 Å². The van der Waals surface area contributed by atoms with Crippen molar-refractivity contribution >= 4 is 17.9 Å². The van der Waals surface area contributed by atoms with E-state index in [1.165, 1.54) is 0 Å². The minimum absolute atomic E-state index is 0. The van der Waals surface area contributed by atoms with E-state index in [4.69, 9.17) is 29.7 Å². The molecule has 0 aromatic carbocycles. The van der Waals surface area contributed by atoms with E-state index >= 15 is 0 Å². The first-order valence-electron chi connectivity index (χ1n) is 3.51. The van der Waals surface area contributed by atoms with E-state index in [9.17, 15) is 0 Å². The number of carbonyl (C=O) groups is 3. The summed E-state index contributed by atoms with van der Waals surface area (Å²) in [6.45, 7) is -1.17. The predicted molar refractivity (Wildman–Crippen MR) is 42.2 cm³/mol.